The number of hydrogen-bond donors (Lipinski definition) is 0. The summed E-state index contributed by atoms with van der Waals surface area (Å²) in [5, 5.41) is 2.52. The van der Waals surface area contributed by atoms with Gasteiger partial charge >= 0.3 is 0 Å². The second-order valence-corrected chi connectivity index (χ2v) is 5.72. The van der Waals surface area contributed by atoms with Gasteiger partial charge in [0.05, 0.1) is 9.91 Å². The molecule has 0 saturated heterocycles. The molecule has 0 radical (unpaired) electrons. The van der Waals surface area contributed by atoms with Crippen LogP contribution >= 0.6 is 22.9 Å². The summed E-state index contributed by atoms with van der Waals surface area (Å²) in [5.41, 5.74) is 1.02. The molecule has 0 spiro atoms. The van der Waals surface area contributed by atoms with Gasteiger partial charge in [-0.2, -0.15) is 0 Å². The minimum atomic E-state index is -1.02. The summed E-state index contributed by atoms with van der Waals surface area (Å²) in [6.45, 7) is 4.90. The minimum Gasteiger partial charge on any atom is -0.341 e. The van der Waals surface area contributed by atoms with Gasteiger partial charge in [0, 0.05) is 13.2 Å². The largest absolute Gasteiger partial charge is 0.341 e. The average Bonchev–Trinajstić information content (AvgIpc) is 3.02. The van der Waals surface area contributed by atoms with Crippen molar-refractivity contribution < 1.29 is 9.47 Å². The van der Waals surface area contributed by atoms with Crippen LogP contribution in [0.5, 0.6) is 0 Å². The summed E-state index contributed by atoms with van der Waals surface area (Å²) < 4.78 is 11.9. The molecule has 1 aromatic carbocycles. The van der Waals surface area contributed by atoms with Crippen molar-refractivity contribution >= 4 is 29.0 Å². The van der Waals surface area contributed by atoms with E-state index in [1.165, 1.54) is 0 Å². The maximum atomic E-state index is 6.60. The van der Waals surface area contributed by atoms with Crippen molar-refractivity contribution in [3.8, 4) is 0 Å². The fourth-order valence-electron chi connectivity index (χ4n) is 2.10. The zero-order chi connectivity index (χ0) is 15.1. The molecule has 0 saturated carbocycles. The van der Waals surface area contributed by atoms with Crippen LogP contribution in [0.1, 0.15) is 24.3 Å². The average molecular weight is 323 g/mol. The monoisotopic (exact) mass is 322 g/mol. The van der Waals surface area contributed by atoms with Crippen molar-refractivity contribution in [3.05, 3.63) is 63.3 Å². The van der Waals surface area contributed by atoms with Crippen molar-refractivity contribution in [1.29, 1.82) is 0 Å². The molecule has 1 heterocycles. The Morgan fingerprint density at radius 2 is 1.76 bits per heavy atom. The van der Waals surface area contributed by atoms with Crippen LogP contribution in [0.3, 0.4) is 0 Å². The zero-order valence-electron chi connectivity index (χ0n) is 12.2. The van der Waals surface area contributed by atoms with Gasteiger partial charge in [0.25, 0.3) is 0 Å². The predicted octanol–water partition coefficient (Wildman–Crippen LogP) is 5.25. The quantitative estimate of drug-likeness (QED) is 0.648. The van der Waals surface area contributed by atoms with Gasteiger partial charge in [-0.05, 0) is 36.9 Å². The number of thiophene rings is 1. The van der Waals surface area contributed by atoms with E-state index in [-0.39, 0.29) is 0 Å². The Balaban J connectivity index is 2.45. The fourth-order valence-corrected chi connectivity index (χ4v) is 3.34. The van der Waals surface area contributed by atoms with E-state index in [0.29, 0.717) is 18.2 Å². The number of benzene rings is 1. The molecular weight excluding hydrogens is 304 g/mol. The summed E-state index contributed by atoms with van der Waals surface area (Å²) >= 11 is 8.18. The maximum Gasteiger partial charge on any atom is 0.242 e. The lowest BCUT2D eigenvalue weighted by atomic mass is 10.1. The molecule has 0 aliphatic rings. The molecule has 4 heteroatoms. The van der Waals surface area contributed by atoms with E-state index in [1.54, 1.807) is 11.3 Å². The van der Waals surface area contributed by atoms with Crippen LogP contribution in [0, 0.1) is 0 Å². The molecule has 0 fully saturated rings. The van der Waals surface area contributed by atoms with Crippen LogP contribution in [-0.2, 0) is 15.3 Å². The molecule has 0 aliphatic heterocycles. The molecule has 0 atom stereocenters. The molecular formula is C17H19ClO2S. The summed E-state index contributed by atoms with van der Waals surface area (Å²) in [5.74, 6) is -1.02. The highest BCUT2D eigenvalue weighted by Gasteiger charge is 2.38. The second-order valence-electron chi connectivity index (χ2n) is 4.36. The summed E-state index contributed by atoms with van der Waals surface area (Å²) in [4.78, 5) is 0.948. The van der Waals surface area contributed by atoms with Gasteiger partial charge in [0.15, 0.2) is 0 Å². The Labute approximate surface area is 135 Å². The van der Waals surface area contributed by atoms with Crippen molar-refractivity contribution in [1.82, 2.24) is 0 Å². The standard InChI is InChI=1S/C17H19ClO2S/c1-3-19-17(20-4-2,16-11-8-12-21-16)15(18)13-14-9-6-5-7-10-14/h5-13H,3-4H2,1-2H3/b15-13-. The third kappa shape index (κ3) is 3.74. The lowest BCUT2D eigenvalue weighted by molar-refractivity contribution is -0.208. The van der Waals surface area contributed by atoms with E-state index in [4.69, 9.17) is 21.1 Å². The van der Waals surface area contributed by atoms with Gasteiger partial charge in [0.1, 0.15) is 0 Å². The Morgan fingerprint density at radius 1 is 1.10 bits per heavy atom. The fraction of sp³-hybridized carbons (Fsp3) is 0.294. The normalized spacial score (nSPS) is 12.6. The highest BCUT2D eigenvalue weighted by Crippen LogP contribution is 2.40. The molecule has 112 valence electrons. The van der Waals surface area contributed by atoms with Crippen LogP contribution in [-0.4, -0.2) is 13.2 Å². The SMILES string of the molecule is CCOC(OCC)(/C(Cl)=C/c1ccccc1)c1cccs1. The number of ether oxygens (including phenoxy) is 2. The smallest absolute Gasteiger partial charge is 0.242 e. The Morgan fingerprint density at radius 3 is 2.29 bits per heavy atom. The summed E-state index contributed by atoms with van der Waals surface area (Å²) in [6, 6.07) is 13.9. The van der Waals surface area contributed by atoms with Gasteiger partial charge < -0.3 is 9.47 Å². The molecule has 2 aromatic rings. The van der Waals surface area contributed by atoms with Gasteiger partial charge in [-0.3, -0.25) is 0 Å². The van der Waals surface area contributed by atoms with E-state index < -0.39 is 5.79 Å². The molecule has 0 amide bonds. The topological polar surface area (TPSA) is 18.5 Å². The van der Waals surface area contributed by atoms with Crippen LogP contribution in [0.15, 0.2) is 52.9 Å². The van der Waals surface area contributed by atoms with Crippen molar-refractivity contribution in [3.63, 3.8) is 0 Å². The first-order valence-electron chi connectivity index (χ1n) is 6.97. The number of rotatable bonds is 7. The molecule has 2 nitrogen and oxygen atoms in total. The predicted molar refractivity (Wildman–Crippen MR) is 89.5 cm³/mol. The zero-order valence-corrected chi connectivity index (χ0v) is 13.8. The van der Waals surface area contributed by atoms with E-state index in [2.05, 4.69) is 0 Å². The van der Waals surface area contributed by atoms with Crippen molar-refractivity contribution in [2.24, 2.45) is 0 Å². The summed E-state index contributed by atoms with van der Waals surface area (Å²) in [6.07, 6.45) is 1.90. The minimum absolute atomic E-state index is 0.511. The van der Waals surface area contributed by atoms with Crippen LogP contribution in [0.25, 0.3) is 6.08 Å². The first-order chi connectivity index (χ1) is 10.2. The number of halogens is 1. The molecule has 21 heavy (non-hydrogen) atoms. The molecule has 0 bridgehead atoms. The third-order valence-electron chi connectivity index (χ3n) is 2.95. The second kappa shape index (κ2) is 7.76. The van der Waals surface area contributed by atoms with Crippen LogP contribution in [0.2, 0.25) is 0 Å². The van der Waals surface area contributed by atoms with Gasteiger partial charge in [-0.1, -0.05) is 48.0 Å². The highest BCUT2D eigenvalue weighted by molar-refractivity contribution is 7.10. The van der Waals surface area contributed by atoms with Crippen molar-refractivity contribution in [2.45, 2.75) is 19.6 Å². The van der Waals surface area contributed by atoms with Crippen LogP contribution in [0.4, 0.5) is 0 Å². The molecule has 2 rings (SSSR count). The van der Waals surface area contributed by atoms with Gasteiger partial charge in [-0.15, -0.1) is 11.3 Å². The van der Waals surface area contributed by atoms with E-state index in [1.807, 2.05) is 67.8 Å². The third-order valence-corrected chi connectivity index (χ3v) is 4.26. The molecule has 0 unspecified atom stereocenters. The van der Waals surface area contributed by atoms with Gasteiger partial charge in [-0.25, -0.2) is 0 Å². The van der Waals surface area contributed by atoms with Crippen molar-refractivity contribution in [2.75, 3.05) is 13.2 Å². The Kier molecular flexibility index (Phi) is 6.00. The van der Waals surface area contributed by atoms with E-state index in [9.17, 15) is 0 Å². The Bertz CT molecular complexity index is 558. The molecule has 0 N–H and O–H groups in total. The van der Waals surface area contributed by atoms with Crippen LogP contribution < -0.4 is 0 Å². The maximum absolute atomic E-state index is 6.60. The van der Waals surface area contributed by atoms with Gasteiger partial charge in [0.2, 0.25) is 5.79 Å². The Hall–Kier alpha value is -1.13. The molecule has 0 aliphatic carbocycles. The number of hydrogen-bond acceptors (Lipinski definition) is 3. The first-order valence-corrected chi connectivity index (χ1v) is 8.23. The van der Waals surface area contributed by atoms with E-state index >= 15 is 0 Å². The summed E-state index contributed by atoms with van der Waals surface area (Å²) in [7, 11) is 0. The lowest BCUT2D eigenvalue weighted by Crippen LogP contribution is -2.33. The first kappa shape index (κ1) is 16.2. The molecule has 1 aromatic heterocycles. The van der Waals surface area contributed by atoms with E-state index in [0.717, 1.165) is 10.4 Å². The lowest BCUT2D eigenvalue weighted by Gasteiger charge is -2.32. The highest BCUT2D eigenvalue weighted by atomic mass is 35.5.